The van der Waals surface area contributed by atoms with Crippen LogP contribution in [0.5, 0.6) is 0 Å². The Morgan fingerprint density at radius 1 is 1.40 bits per heavy atom. The third-order valence-corrected chi connectivity index (χ3v) is 2.24. The molecule has 15 heavy (non-hydrogen) atoms. The Morgan fingerprint density at radius 2 is 2.13 bits per heavy atom. The van der Waals surface area contributed by atoms with E-state index in [1.807, 2.05) is 0 Å². The average Bonchev–Trinajstić information content (AvgIpc) is 2.19. The molecule has 0 fully saturated rings. The lowest BCUT2D eigenvalue weighted by molar-refractivity contribution is 0.550. The maximum absolute atomic E-state index is 13.2. The Hall–Kier alpha value is -1.22. The molecule has 1 aromatic carbocycles. The lowest BCUT2D eigenvalue weighted by Crippen LogP contribution is -2.23. The number of hydrogen-bond acceptors (Lipinski definition) is 1. The predicted octanol–water partition coefficient (Wildman–Crippen LogP) is 2.80. The van der Waals surface area contributed by atoms with Gasteiger partial charge < -0.3 is 5.73 Å². The van der Waals surface area contributed by atoms with E-state index in [1.165, 1.54) is 12.1 Å². The summed E-state index contributed by atoms with van der Waals surface area (Å²) in [5.41, 5.74) is 6.26. The van der Waals surface area contributed by atoms with Crippen molar-refractivity contribution in [1.82, 2.24) is 0 Å². The van der Waals surface area contributed by atoms with Gasteiger partial charge >= 0.3 is 0 Å². The first-order chi connectivity index (χ1) is 7.13. The zero-order valence-electron chi connectivity index (χ0n) is 8.55. The van der Waals surface area contributed by atoms with Crippen molar-refractivity contribution in [1.29, 1.82) is 0 Å². The molecule has 3 heteroatoms. The fraction of sp³-hybridized carbons (Fsp3) is 0.333. The highest BCUT2D eigenvalue weighted by Gasteiger charge is 2.08. The molecule has 1 aromatic rings. The first-order valence-corrected chi connectivity index (χ1v) is 4.94. The smallest absolute Gasteiger partial charge is 0.129 e. The molecule has 0 saturated carbocycles. The van der Waals surface area contributed by atoms with Crippen LogP contribution in [0.3, 0.4) is 0 Å². The summed E-state index contributed by atoms with van der Waals surface area (Å²) in [4.78, 5) is 0. The first kappa shape index (κ1) is 11.9. The molecule has 0 heterocycles. The Labute approximate surface area is 88.6 Å². The molecule has 82 valence electrons. The lowest BCUT2D eigenvalue weighted by atomic mass is 10.0. The summed E-state index contributed by atoms with van der Waals surface area (Å²) in [6, 6.07) is 3.47. The first-order valence-electron chi connectivity index (χ1n) is 4.94. The predicted molar refractivity (Wildman–Crippen MR) is 57.5 cm³/mol. The summed E-state index contributed by atoms with van der Waals surface area (Å²) in [7, 11) is 0. The average molecular weight is 211 g/mol. The van der Waals surface area contributed by atoms with Crippen molar-refractivity contribution in [2.75, 3.05) is 0 Å². The molecule has 0 saturated heterocycles. The molecule has 1 unspecified atom stereocenters. The molecule has 0 aliphatic carbocycles. The minimum atomic E-state index is -0.559. The summed E-state index contributed by atoms with van der Waals surface area (Å²) in [5, 5.41) is 0. The minimum absolute atomic E-state index is 0.108. The fourth-order valence-electron chi connectivity index (χ4n) is 1.40. The highest BCUT2D eigenvalue weighted by molar-refractivity contribution is 5.19. The van der Waals surface area contributed by atoms with Crippen LogP contribution in [0, 0.1) is 11.6 Å². The lowest BCUT2D eigenvalue weighted by Gasteiger charge is -2.10. The monoisotopic (exact) mass is 211 g/mol. The molecule has 0 aliphatic heterocycles. The highest BCUT2D eigenvalue weighted by Crippen LogP contribution is 2.12. The van der Waals surface area contributed by atoms with E-state index in [4.69, 9.17) is 5.73 Å². The molecule has 2 N–H and O–H groups in total. The molecular weight excluding hydrogens is 196 g/mol. The number of benzene rings is 1. The van der Waals surface area contributed by atoms with Gasteiger partial charge in [-0.05, 0) is 30.9 Å². The van der Waals surface area contributed by atoms with E-state index in [2.05, 4.69) is 6.58 Å². The molecule has 1 nitrogen and oxygen atoms in total. The van der Waals surface area contributed by atoms with Crippen molar-refractivity contribution in [3.05, 3.63) is 48.1 Å². The van der Waals surface area contributed by atoms with Gasteiger partial charge in [-0.15, -0.1) is 6.58 Å². The number of halogens is 2. The molecule has 0 spiro atoms. The molecule has 1 atom stereocenters. The second-order valence-corrected chi connectivity index (χ2v) is 3.57. The zero-order valence-corrected chi connectivity index (χ0v) is 8.55. The van der Waals surface area contributed by atoms with Gasteiger partial charge in [-0.1, -0.05) is 12.1 Å². The van der Waals surface area contributed by atoms with Gasteiger partial charge in [0.25, 0.3) is 0 Å². The number of rotatable bonds is 5. The summed E-state index contributed by atoms with van der Waals surface area (Å²) >= 11 is 0. The van der Waals surface area contributed by atoms with Crippen molar-refractivity contribution in [3.63, 3.8) is 0 Å². The van der Waals surface area contributed by atoms with Crippen LogP contribution in [-0.2, 0) is 6.42 Å². The molecule has 0 amide bonds. The summed E-state index contributed by atoms with van der Waals surface area (Å²) in [6.45, 7) is 3.59. The summed E-state index contributed by atoms with van der Waals surface area (Å²) < 4.78 is 25.8. The van der Waals surface area contributed by atoms with E-state index in [9.17, 15) is 8.78 Å². The second-order valence-electron chi connectivity index (χ2n) is 3.57. The molecular formula is C12H15F2N. The SMILES string of the molecule is C=CCCC(N)Cc1ccc(F)cc1F. The van der Waals surface area contributed by atoms with Crippen molar-refractivity contribution in [2.45, 2.75) is 25.3 Å². The van der Waals surface area contributed by atoms with Crippen LogP contribution in [0.15, 0.2) is 30.9 Å². The number of allylic oxidation sites excluding steroid dienone is 1. The minimum Gasteiger partial charge on any atom is -0.327 e. The quantitative estimate of drug-likeness (QED) is 0.744. The van der Waals surface area contributed by atoms with Gasteiger partial charge in [0.05, 0.1) is 0 Å². The van der Waals surface area contributed by atoms with E-state index in [-0.39, 0.29) is 6.04 Å². The Morgan fingerprint density at radius 3 is 2.73 bits per heavy atom. The van der Waals surface area contributed by atoms with E-state index in [0.29, 0.717) is 12.0 Å². The fourth-order valence-corrected chi connectivity index (χ4v) is 1.40. The second kappa shape index (κ2) is 5.61. The Bertz CT molecular complexity index is 336. The van der Waals surface area contributed by atoms with E-state index in [0.717, 1.165) is 18.9 Å². The maximum Gasteiger partial charge on any atom is 0.129 e. The van der Waals surface area contributed by atoms with Gasteiger partial charge in [0.15, 0.2) is 0 Å². The standard InChI is InChI=1S/C12H15F2N/c1-2-3-4-11(15)7-9-5-6-10(13)8-12(9)14/h2,5-6,8,11H,1,3-4,7,15H2. The topological polar surface area (TPSA) is 26.0 Å². The highest BCUT2D eigenvalue weighted by atomic mass is 19.1. The third kappa shape index (κ3) is 3.80. The van der Waals surface area contributed by atoms with Gasteiger partial charge in [0.1, 0.15) is 11.6 Å². The zero-order chi connectivity index (χ0) is 11.3. The van der Waals surface area contributed by atoms with Crippen LogP contribution in [0.1, 0.15) is 18.4 Å². The Balaban J connectivity index is 2.59. The maximum atomic E-state index is 13.2. The van der Waals surface area contributed by atoms with E-state index >= 15 is 0 Å². The van der Waals surface area contributed by atoms with Gasteiger partial charge in [-0.25, -0.2) is 8.78 Å². The van der Waals surface area contributed by atoms with Gasteiger partial charge in [-0.3, -0.25) is 0 Å². The van der Waals surface area contributed by atoms with Gasteiger partial charge in [0.2, 0.25) is 0 Å². The number of hydrogen-bond donors (Lipinski definition) is 1. The van der Waals surface area contributed by atoms with Gasteiger partial charge in [0, 0.05) is 12.1 Å². The third-order valence-electron chi connectivity index (χ3n) is 2.24. The van der Waals surface area contributed by atoms with Crippen LogP contribution >= 0.6 is 0 Å². The molecule has 0 bridgehead atoms. The normalized spacial score (nSPS) is 12.5. The van der Waals surface area contributed by atoms with Crippen LogP contribution in [0.25, 0.3) is 0 Å². The van der Waals surface area contributed by atoms with Crippen molar-refractivity contribution < 1.29 is 8.78 Å². The van der Waals surface area contributed by atoms with Gasteiger partial charge in [-0.2, -0.15) is 0 Å². The number of nitrogens with two attached hydrogens (primary N) is 1. The summed E-state index contributed by atoms with van der Waals surface area (Å²) in [6.07, 6.45) is 3.78. The van der Waals surface area contributed by atoms with Crippen LogP contribution in [-0.4, -0.2) is 6.04 Å². The van der Waals surface area contributed by atoms with Crippen LogP contribution in [0.4, 0.5) is 8.78 Å². The van der Waals surface area contributed by atoms with Crippen LogP contribution < -0.4 is 5.73 Å². The molecule has 0 aromatic heterocycles. The van der Waals surface area contributed by atoms with E-state index in [1.54, 1.807) is 6.08 Å². The summed E-state index contributed by atoms with van der Waals surface area (Å²) in [5.74, 6) is -1.08. The molecule has 0 radical (unpaired) electrons. The Kier molecular flexibility index (Phi) is 4.43. The molecule has 0 aliphatic rings. The van der Waals surface area contributed by atoms with E-state index < -0.39 is 11.6 Å². The van der Waals surface area contributed by atoms with Crippen molar-refractivity contribution >= 4 is 0 Å². The molecule has 1 rings (SSSR count). The van der Waals surface area contributed by atoms with Crippen LogP contribution in [0.2, 0.25) is 0 Å². The largest absolute Gasteiger partial charge is 0.327 e. The van der Waals surface area contributed by atoms with Crippen molar-refractivity contribution in [3.8, 4) is 0 Å². The van der Waals surface area contributed by atoms with Crippen molar-refractivity contribution in [2.24, 2.45) is 5.73 Å².